The molecule has 0 saturated carbocycles. The molecule has 1 fully saturated rings. The third kappa shape index (κ3) is 5.06. The molecule has 7 heteroatoms. The van der Waals surface area contributed by atoms with E-state index in [2.05, 4.69) is 63.4 Å². The van der Waals surface area contributed by atoms with Crippen LogP contribution < -0.4 is 10.2 Å². The van der Waals surface area contributed by atoms with E-state index >= 15 is 0 Å². The lowest BCUT2D eigenvalue weighted by Crippen LogP contribution is -2.42. The minimum absolute atomic E-state index is 0. The van der Waals surface area contributed by atoms with Gasteiger partial charge < -0.3 is 15.1 Å². The van der Waals surface area contributed by atoms with Crippen LogP contribution in [0.2, 0.25) is 0 Å². The smallest absolute Gasteiger partial charge is 0.194 e. The molecule has 0 spiro atoms. The van der Waals surface area contributed by atoms with Crippen LogP contribution in [0.25, 0.3) is 10.9 Å². The van der Waals surface area contributed by atoms with Gasteiger partial charge in [-0.15, -0.1) is 24.0 Å². The molecule has 1 atom stereocenters. The van der Waals surface area contributed by atoms with Crippen LogP contribution in [0.15, 0.2) is 47.5 Å². The number of aromatic nitrogens is 1. The van der Waals surface area contributed by atoms with Crippen molar-refractivity contribution >= 4 is 46.7 Å². The lowest BCUT2D eigenvalue weighted by Gasteiger charge is -2.25. The SMILES string of the molecule is CCNC(=NCc1cc(N(C)C)nc2ccccc12)N1CCC(N2CC=CC2)C1.I. The third-order valence-electron chi connectivity index (χ3n) is 5.81. The first kappa shape index (κ1) is 22.8. The lowest BCUT2D eigenvalue weighted by atomic mass is 10.1. The van der Waals surface area contributed by atoms with Crippen LogP contribution in [-0.4, -0.2) is 73.6 Å². The lowest BCUT2D eigenvalue weighted by molar-refractivity contribution is 0.259. The summed E-state index contributed by atoms with van der Waals surface area (Å²) in [6.45, 7) is 7.95. The number of fused-ring (bicyclic) bond motifs is 1. The average Bonchev–Trinajstić information content (AvgIpc) is 3.42. The van der Waals surface area contributed by atoms with Gasteiger partial charge in [0.15, 0.2) is 5.96 Å². The molecule has 162 valence electrons. The molecule has 6 nitrogen and oxygen atoms in total. The van der Waals surface area contributed by atoms with Gasteiger partial charge in [-0.25, -0.2) is 9.98 Å². The zero-order chi connectivity index (χ0) is 20.2. The molecule has 30 heavy (non-hydrogen) atoms. The fraction of sp³-hybridized carbons (Fsp3) is 0.478. The van der Waals surface area contributed by atoms with Crippen molar-refractivity contribution in [3.05, 3.63) is 48.0 Å². The van der Waals surface area contributed by atoms with E-state index in [1.54, 1.807) is 0 Å². The summed E-state index contributed by atoms with van der Waals surface area (Å²) in [5, 5.41) is 4.69. The van der Waals surface area contributed by atoms with E-state index in [4.69, 9.17) is 9.98 Å². The third-order valence-corrected chi connectivity index (χ3v) is 5.81. The van der Waals surface area contributed by atoms with Crippen molar-refractivity contribution in [2.45, 2.75) is 25.9 Å². The predicted octanol–water partition coefficient (Wildman–Crippen LogP) is 3.33. The molecule has 2 aromatic rings. The number of nitrogens with zero attached hydrogens (tertiary/aromatic N) is 5. The van der Waals surface area contributed by atoms with E-state index in [0.29, 0.717) is 12.6 Å². The second kappa shape index (κ2) is 10.4. The standard InChI is InChI=1S/C23H32N6.HI/c1-4-24-23(29-14-11-19(17-29)28-12-7-8-13-28)25-16-18-15-22(27(2)3)26-21-10-6-5-9-20(18)21;/h5-10,15,19H,4,11-14,16-17H2,1-3H3,(H,24,25);1H. The predicted molar refractivity (Wildman–Crippen MR) is 137 cm³/mol. The van der Waals surface area contributed by atoms with Crippen molar-refractivity contribution in [1.29, 1.82) is 0 Å². The summed E-state index contributed by atoms with van der Waals surface area (Å²) in [5.74, 6) is 2.00. The van der Waals surface area contributed by atoms with Gasteiger partial charge >= 0.3 is 0 Å². The molecule has 0 bridgehead atoms. The number of anilines is 1. The Balaban J connectivity index is 0.00000256. The van der Waals surface area contributed by atoms with Gasteiger partial charge in [-0.05, 0) is 31.0 Å². The number of hydrogen-bond donors (Lipinski definition) is 1. The number of hydrogen-bond acceptors (Lipinski definition) is 4. The Labute approximate surface area is 197 Å². The Kier molecular flexibility index (Phi) is 7.93. The van der Waals surface area contributed by atoms with E-state index in [-0.39, 0.29) is 24.0 Å². The summed E-state index contributed by atoms with van der Waals surface area (Å²) in [6.07, 6.45) is 5.76. The van der Waals surface area contributed by atoms with Crippen molar-refractivity contribution in [3.8, 4) is 0 Å². The van der Waals surface area contributed by atoms with Crippen LogP contribution in [0.3, 0.4) is 0 Å². The highest BCUT2D eigenvalue weighted by Crippen LogP contribution is 2.23. The first-order valence-corrected chi connectivity index (χ1v) is 10.6. The minimum Gasteiger partial charge on any atom is -0.363 e. The van der Waals surface area contributed by atoms with Gasteiger partial charge in [0.05, 0.1) is 12.1 Å². The topological polar surface area (TPSA) is 47.0 Å². The summed E-state index contributed by atoms with van der Waals surface area (Å²) in [4.78, 5) is 16.8. The Morgan fingerprint density at radius 3 is 2.73 bits per heavy atom. The molecule has 1 saturated heterocycles. The summed E-state index contributed by atoms with van der Waals surface area (Å²) >= 11 is 0. The van der Waals surface area contributed by atoms with Crippen molar-refractivity contribution in [1.82, 2.24) is 20.1 Å². The summed E-state index contributed by atoms with van der Waals surface area (Å²) in [7, 11) is 4.07. The minimum atomic E-state index is 0. The van der Waals surface area contributed by atoms with Crippen LogP contribution in [0, 0.1) is 0 Å². The van der Waals surface area contributed by atoms with E-state index in [9.17, 15) is 0 Å². The highest BCUT2D eigenvalue weighted by molar-refractivity contribution is 14.0. The van der Waals surface area contributed by atoms with Gasteiger partial charge in [-0.3, -0.25) is 4.90 Å². The number of pyridine rings is 1. The van der Waals surface area contributed by atoms with Gasteiger partial charge in [-0.2, -0.15) is 0 Å². The molecule has 0 aliphatic carbocycles. The van der Waals surface area contributed by atoms with Crippen LogP contribution in [-0.2, 0) is 6.54 Å². The molecular weight excluding hydrogens is 487 g/mol. The second-order valence-corrected chi connectivity index (χ2v) is 8.04. The number of guanidine groups is 1. The van der Waals surface area contributed by atoms with Crippen molar-refractivity contribution in [3.63, 3.8) is 0 Å². The molecule has 2 aliphatic heterocycles. The fourth-order valence-electron chi connectivity index (χ4n) is 4.20. The molecule has 1 aromatic carbocycles. The summed E-state index contributed by atoms with van der Waals surface area (Å²) < 4.78 is 0. The number of para-hydroxylation sites is 1. The molecule has 4 rings (SSSR count). The molecule has 3 heterocycles. The Bertz CT molecular complexity index is 902. The highest BCUT2D eigenvalue weighted by Gasteiger charge is 2.29. The number of benzene rings is 1. The van der Waals surface area contributed by atoms with E-state index < -0.39 is 0 Å². The van der Waals surface area contributed by atoms with Crippen LogP contribution >= 0.6 is 24.0 Å². The van der Waals surface area contributed by atoms with Crippen LogP contribution in [0.1, 0.15) is 18.9 Å². The molecule has 1 N–H and O–H groups in total. The number of rotatable bonds is 5. The van der Waals surface area contributed by atoms with Crippen molar-refractivity contribution < 1.29 is 0 Å². The van der Waals surface area contributed by atoms with Gasteiger partial charge in [0.2, 0.25) is 0 Å². The number of halogens is 1. The van der Waals surface area contributed by atoms with Crippen LogP contribution in [0.4, 0.5) is 5.82 Å². The first-order valence-electron chi connectivity index (χ1n) is 10.6. The molecule has 1 unspecified atom stereocenters. The Morgan fingerprint density at radius 2 is 2.00 bits per heavy atom. The molecular formula is C23H33IN6. The van der Waals surface area contributed by atoms with E-state index in [1.807, 2.05) is 20.2 Å². The largest absolute Gasteiger partial charge is 0.363 e. The molecule has 0 amide bonds. The van der Waals surface area contributed by atoms with Crippen molar-refractivity contribution in [2.24, 2.45) is 4.99 Å². The van der Waals surface area contributed by atoms with Crippen LogP contribution in [0.5, 0.6) is 0 Å². The Morgan fingerprint density at radius 1 is 1.23 bits per heavy atom. The fourth-order valence-corrected chi connectivity index (χ4v) is 4.20. The van der Waals surface area contributed by atoms with Crippen molar-refractivity contribution in [2.75, 3.05) is 51.7 Å². The summed E-state index contributed by atoms with van der Waals surface area (Å²) in [5.41, 5.74) is 2.24. The Hall–Kier alpha value is -1.87. The first-order chi connectivity index (χ1) is 14.2. The van der Waals surface area contributed by atoms with E-state index in [0.717, 1.165) is 50.0 Å². The highest BCUT2D eigenvalue weighted by atomic mass is 127. The number of likely N-dealkylation sites (tertiary alicyclic amines) is 1. The monoisotopic (exact) mass is 520 g/mol. The number of aliphatic imine (C=N–C) groups is 1. The van der Waals surface area contributed by atoms with Gasteiger partial charge in [0, 0.05) is 58.2 Å². The number of nitrogens with one attached hydrogen (secondary N) is 1. The van der Waals surface area contributed by atoms with Gasteiger partial charge in [0.1, 0.15) is 5.82 Å². The zero-order valence-corrected chi connectivity index (χ0v) is 20.5. The van der Waals surface area contributed by atoms with E-state index in [1.165, 1.54) is 17.4 Å². The maximum absolute atomic E-state index is 5.03. The zero-order valence-electron chi connectivity index (χ0n) is 18.2. The maximum Gasteiger partial charge on any atom is 0.194 e. The quantitative estimate of drug-likeness (QED) is 0.284. The van der Waals surface area contributed by atoms with Gasteiger partial charge in [0.25, 0.3) is 0 Å². The summed E-state index contributed by atoms with van der Waals surface area (Å²) in [6, 6.07) is 11.1. The van der Waals surface area contributed by atoms with Gasteiger partial charge in [-0.1, -0.05) is 30.4 Å². The molecule has 1 aromatic heterocycles. The maximum atomic E-state index is 5.03. The molecule has 0 radical (unpaired) electrons. The molecule has 2 aliphatic rings. The average molecular weight is 520 g/mol. The normalized spacial score (nSPS) is 19.4. The second-order valence-electron chi connectivity index (χ2n) is 8.04.